The second-order valence-electron chi connectivity index (χ2n) is 6.67. The minimum Gasteiger partial charge on any atom is -0.495 e. The number of hydrogen-bond acceptors (Lipinski definition) is 6. The van der Waals surface area contributed by atoms with Crippen LogP contribution in [-0.2, 0) is 28.6 Å². The monoisotopic (exact) mass is 338 g/mol. The molecule has 0 N–H and O–H groups in total. The Bertz CT molecular complexity index is 512. The summed E-state index contributed by atoms with van der Waals surface area (Å²) in [5, 5.41) is 0. The Labute approximate surface area is 142 Å². The molecule has 0 aromatic carbocycles. The summed E-state index contributed by atoms with van der Waals surface area (Å²) in [7, 11) is 0. The predicted molar refractivity (Wildman–Crippen MR) is 86.2 cm³/mol. The number of Topliss-reactive ketones (excluding diaryl/α,β-unsaturated/α-hetero) is 3. The first-order chi connectivity index (χ1) is 11.4. The van der Waals surface area contributed by atoms with Gasteiger partial charge in [-0.25, -0.2) is 0 Å². The fourth-order valence-corrected chi connectivity index (χ4v) is 3.24. The second kappa shape index (κ2) is 8.53. The molecule has 1 saturated heterocycles. The van der Waals surface area contributed by atoms with Gasteiger partial charge >= 0.3 is 0 Å². The minimum atomic E-state index is -0.558. The maximum atomic E-state index is 11.9. The number of carbonyl (C=O) groups excluding carboxylic acids is 3. The van der Waals surface area contributed by atoms with Crippen LogP contribution < -0.4 is 0 Å². The van der Waals surface area contributed by atoms with Crippen LogP contribution >= 0.6 is 0 Å². The van der Waals surface area contributed by atoms with Crippen molar-refractivity contribution in [3.05, 3.63) is 12.3 Å². The van der Waals surface area contributed by atoms with Gasteiger partial charge in [0.25, 0.3) is 0 Å². The van der Waals surface area contributed by atoms with E-state index in [1.54, 1.807) is 13.0 Å². The van der Waals surface area contributed by atoms with Crippen LogP contribution in [0.15, 0.2) is 12.3 Å². The van der Waals surface area contributed by atoms with E-state index in [1.165, 1.54) is 20.1 Å². The van der Waals surface area contributed by atoms with Crippen molar-refractivity contribution >= 4 is 17.3 Å². The molecule has 0 aliphatic carbocycles. The van der Waals surface area contributed by atoms with E-state index >= 15 is 0 Å². The molecule has 0 aromatic rings. The van der Waals surface area contributed by atoms with Crippen molar-refractivity contribution in [3.63, 3.8) is 0 Å². The predicted octanol–water partition coefficient (Wildman–Crippen LogP) is 2.34. The van der Waals surface area contributed by atoms with Crippen LogP contribution in [0, 0.1) is 5.92 Å². The third-order valence-electron chi connectivity index (χ3n) is 4.35. The molecule has 0 amide bonds. The van der Waals surface area contributed by atoms with Gasteiger partial charge in [-0.05, 0) is 46.1 Å². The number of carbonyl (C=O) groups is 3. The Hall–Kier alpha value is -1.53. The van der Waals surface area contributed by atoms with Gasteiger partial charge in [0.1, 0.15) is 29.6 Å². The van der Waals surface area contributed by atoms with E-state index in [1.807, 2.05) is 0 Å². The summed E-state index contributed by atoms with van der Waals surface area (Å²) in [5.41, 5.74) is 0. The quantitative estimate of drug-likeness (QED) is 0.709. The van der Waals surface area contributed by atoms with Crippen molar-refractivity contribution in [2.75, 3.05) is 0 Å². The van der Waals surface area contributed by atoms with Crippen molar-refractivity contribution in [3.8, 4) is 0 Å². The first kappa shape index (κ1) is 18.8. The fourth-order valence-electron chi connectivity index (χ4n) is 3.24. The van der Waals surface area contributed by atoms with Gasteiger partial charge in [0.2, 0.25) is 0 Å². The van der Waals surface area contributed by atoms with E-state index in [4.69, 9.17) is 14.2 Å². The molecule has 5 atom stereocenters. The van der Waals surface area contributed by atoms with E-state index < -0.39 is 24.4 Å². The van der Waals surface area contributed by atoms with Crippen molar-refractivity contribution in [2.24, 2.45) is 5.92 Å². The normalized spacial score (nSPS) is 32.9. The average molecular weight is 338 g/mol. The Morgan fingerprint density at radius 2 is 1.79 bits per heavy atom. The van der Waals surface area contributed by atoms with Crippen molar-refractivity contribution < 1.29 is 28.6 Å². The molecule has 24 heavy (non-hydrogen) atoms. The van der Waals surface area contributed by atoms with Gasteiger partial charge in [-0.3, -0.25) is 14.4 Å². The first-order valence-corrected chi connectivity index (χ1v) is 8.49. The first-order valence-electron chi connectivity index (χ1n) is 8.49. The van der Waals surface area contributed by atoms with Crippen LogP contribution in [0.4, 0.5) is 0 Å². The molecule has 2 unspecified atom stereocenters. The van der Waals surface area contributed by atoms with E-state index in [0.717, 1.165) is 12.8 Å². The molecule has 2 aliphatic heterocycles. The number of hydrogen-bond donors (Lipinski definition) is 0. The van der Waals surface area contributed by atoms with Crippen molar-refractivity contribution in [1.29, 1.82) is 0 Å². The van der Waals surface area contributed by atoms with Crippen LogP contribution in [0.1, 0.15) is 52.9 Å². The SMILES string of the molecule is CC(=O)CC1CCCC(O[C@@H]2[C@@H](CC(C)=O)OC=C[C@H]2C(C)=O)O1. The molecule has 1 fully saturated rings. The topological polar surface area (TPSA) is 78.9 Å². The summed E-state index contributed by atoms with van der Waals surface area (Å²) < 4.78 is 17.4. The average Bonchev–Trinajstić information content (AvgIpc) is 2.48. The lowest BCUT2D eigenvalue weighted by molar-refractivity contribution is -0.238. The van der Waals surface area contributed by atoms with Crippen LogP contribution in [0.2, 0.25) is 0 Å². The van der Waals surface area contributed by atoms with Crippen LogP contribution in [0.3, 0.4) is 0 Å². The van der Waals surface area contributed by atoms with E-state index in [0.29, 0.717) is 12.8 Å². The molecule has 0 radical (unpaired) electrons. The molecule has 134 valence electrons. The van der Waals surface area contributed by atoms with Gasteiger partial charge in [0.05, 0.1) is 18.3 Å². The zero-order valence-corrected chi connectivity index (χ0v) is 14.5. The molecule has 2 heterocycles. The van der Waals surface area contributed by atoms with Crippen LogP contribution in [0.25, 0.3) is 0 Å². The molecule has 6 nitrogen and oxygen atoms in total. The Morgan fingerprint density at radius 3 is 2.42 bits per heavy atom. The third kappa shape index (κ3) is 5.24. The highest BCUT2D eigenvalue weighted by molar-refractivity contribution is 5.81. The highest BCUT2D eigenvalue weighted by atomic mass is 16.7. The molecule has 2 aliphatic rings. The van der Waals surface area contributed by atoms with Crippen LogP contribution in [0.5, 0.6) is 0 Å². The summed E-state index contributed by atoms with van der Waals surface area (Å²) in [4.78, 5) is 34.7. The van der Waals surface area contributed by atoms with Gasteiger partial charge in [0, 0.05) is 12.8 Å². The summed E-state index contributed by atoms with van der Waals surface area (Å²) in [6, 6.07) is 0. The molecular formula is C18H26O6. The lowest BCUT2D eigenvalue weighted by atomic mass is 9.90. The Morgan fingerprint density at radius 1 is 1.08 bits per heavy atom. The molecule has 0 bridgehead atoms. The Balaban J connectivity index is 2.06. The highest BCUT2D eigenvalue weighted by Gasteiger charge is 2.39. The molecule has 6 heteroatoms. The number of ether oxygens (including phenoxy) is 3. The van der Waals surface area contributed by atoms with Gasteiger partial charge < -0.3 is 14.2 Å². The summed E-state index contributed by atoms with van der Waals surface area (Å²) in [5.74, 6) is -0.435. The van der Waals surface area contributed by atoms with E-state index in [2.05, 4.69) is 0 Å². The standard InChI is InChI=1S/C18H26O6/c1-11(19)9-14-5-4-6-17(23-14)24-18-15(13(3)21)7-8-22-16(18)10-12(2)20/h7-8,14-18H,4-6,9-10H2,1-3H3/t14?,15-,16+,17?,18-/m0/s1. The Kier molecular flexibility index (Phi) is 6.69. The molecule has 0 spiro atoms. The minimum absolute atomic E-state index is 0.0229. The van der Waals surface area contributed by atoms with Crippen LogP contribution in [-0.4, -0.2) is 42.0 Å². The van der Waals surface area contributed by atoms with Gasteiger partial charge in [-0.1, -0.05) is 0 Å². The second-order valence-corrected chi connectivity index (χ2v) is 6.67. The molecular weight excluding hydrogens is 312 g/mol. The fraction of sp³-hybridized carbons (Fsp3) is 0.722. The number of rotatable bonds is 7. The van der Waals surface area contributed by atoms with Crippen molar-refractivity contribution in [2.45, 2.75) is 77.5 Å². The summed E-state index contributed by atoms with van der Waals surface area (Å²) >= 11 is 0. The smallest absolute Gasteiger partial charge is 0.158 e. The van der Waals surface area contributed by atoms with Crippen molar-refractivity contribution in [1.82, 2.24) is 0 Å². The summed E-state index contributed by atoms with van der Waals surface area (Å²) in [6.45, 7) is 4.53. The summed E-state index contributed by atoms with van der Waals surface area (Å²) in [6.07, 6.45) is 4.42. The highest BCUT2D eigenvalue weighted by Crippen LogP contribution is 2.30. The molecule has 0 aromatic heterocycles. The zero-order valence-electron chi connectivity index (χ0n) is 14.5. The lowest BCUT2D eigenvalue weighted by Gasteiger charge is -2.38. The maximum absolute atomic E-state index is 11.9. The van der Waals surface area contributed by atoms with Gasteiger partial charge in [-0.15, -0.1) is 0 Å². The van der Waals surface area contributed by atoms with Gasteiger partial charge in [-0.2, -0.15) is 0 Å². The van der Waals surface area contributed by atoms with E-state index in [-0.39, 0.29) is 29.9 Å². The molecule has 0 saturated carbocycles. The largest absolute Gasteiger partial charge is 0.495 e. The van der Waals surface area contributed by atoms with E-state index in [9.17, 15) is 14.4 Å². The lowest BCUT2D eigenvalue weighted by Crippen LogP contribution is -2.46. The zero-order chi connectivity index (χ0) is 17.7. The maximum Gasteiger partial charge on any atom is 0.158 e. The third-order valence-corrected chi connectivity index (χ3v) is 4.35. The molecule has 2 rings (SSSR count). The number of ketones is 3. The van der Waals surface area contributed by atoms with Gasteiger partial charge in [0.15, 0.2) is 6.29 Å².